The van der Waals surface area contributed by atoms with E-state index < -0.39 is 5.97 Å². The van der Waals surface area contributed by atoms with Crippen LogP contribution in [0.4, 0.5) is 11.4 Å². The van der Waals surface area contributed by atoms with E-state index in [1.807, 2.05) is 35.5 Å². The highest BCUT2D eigenvalue weighted by atomic mass is 32.1. The fourth-order valence-electron chi connectivity index (χ4n) is 2.35. The zero-order valence-electron chi connectivity index (χ0n) is 13.9. The van der Waals surface area contributed by atoms with Crippen LogP contribution in [0.5, 0.6) is 0 Å². The molecular formula is C18H22N2O3S. The van der Waals surface area contributed by atoms with Gasteiger partial charge in [0.15, 0.2) is 0 Å². The minimum absolute atomic E-state index is 0.107. The Morgan fingerprint density at radius 2 is 2.08 bits per heavy atom. The number of carbonyl (C=O) groups is 2. The Morgan fingerprint density at radius 1 is 1.29 bits per heavy atom. The predicted octanol–water partition coefficient (Wildman–Crippen LogP) is 3.86. The number of nitrogens with one attached hydrogen (secondary N) is 1. The van der Waals surface area contributed by atoms with E-state index in [2.05, 4.69) is 12.2 Å². The van der Waals surface area contributed by atoms with Crippen LogP contribution in [0, 0.1) is 0 Å². The molecule has 0 radical (unpaired) electrons. The van der Waals surface area contributed by atoms with Crippen molar-refractivity contribution in [1.82, 2.24) is 0 Å². The van der Waals surface area contributed by atoms with Gasteiger partial charge in [-0.3, -0.25) is 4.79 Å². The highest BCUT2D eigenvalue weighted by Crippen LogP contribution is 2.24. The third-order valence-corrected chi connectivity index (χ3v) is 4.59. The second-order valence-corrected chi connectivity index (χ2v) is 6.65. The Kier molecular flexibility index (Phi) is 6.37. The molecule has 5 nitrogen and oxygen atoms in total. The molecule has 24 heavy (non-hydrogen) atoms. The standard InChI is InChI=1S/C18H22N2O3S/c1-3-4-9-20(2)13-7-8-16(15(11-13)18(22)23)19-17(21)12-14-6-5-10-24-14/h5-8,10-11H,3-4,9,12H2,1-2H3,(H,19,21)(H,22,23). The molecule has 0 unspecified atom stereocenters. The number of rotatable bonds is 8. The van der Waals surface area contributed by atoms with Crippen molar-refractivity contribution in [2.75, 3.05) is 23.8 Å². The Hall–Kier alpha value is -2.34. The third kappa shape index (κ3) is 4.83. The second kappa shape index (κ2) is 8.49. The lowest BCUT2D eigenvalue weighted by atomic mass is 10.1. The lowest BCUT2D eigenvalue weighted by Crippen LogP contribution is -2.20. The summed E-state index contributed by atoms with van der Waals surface area (Å²) < 4.78 is 0. The van der Waals surface area contributed by atoms with Crippen LogP contribution in [-0.4, -0.2) is 30.6 Å². The van der Waals surface area contributed by atoms with Gasteiger partial charge in [-0.05, 0) is 36.1 Å². The summed E-state index contributed by atoms with van der Waals surface area (Å²) in [5, 5.41) is 14.1. The first kappa shape index (κ1) is 18.0. The molecule has 0 atom stereocenters. The Morgan fingerprint density at radius 3 is 2.71 bits per heavy atom. The summed E-state index contributed by atoms with van der Waals surface area (Å²) in [4.78, 5) is 26.6. The molecule has 2 N–H and O–H groups in total. The van der Waals surface area contributed by atoms with E-state index in [1.54, 1.807) is 12.1 Å². The van der Waals surface area contributed by atoms with Gasteiger partial charge in [0.2, 0.25) is 5.91 Å². The van der Waals surface area contributed by atoms with Crippen LogP contribution in [0.3, 0.4) is 0 Å². The number of nitrogens with zero attached hydrogens (tertiary/aromatic N) is 1. The first-order valence-electron chi connectivity index (χ1n) is 7.92. The molecule has 1 amide bonds. The molecule has 1 aromatic heterocycles. The summed E-state index contributed by atoms with van der Waals surface area (Å²) in [6, 6.07) is 8.88. The number of aromatic carboxylic acids is 1. The molecular weight excluding hydrogens is 324 g/mol. The number of hydrogen-bond acceptors (Lipinski definition) is 4. The minimum Gasteiger partial charge on any atom is -0.478 e. The lowest BCUT2D eigenvalue weighted by Gasteiger charge is -2.20. The zero-order chi connectivity index (χ0) is 17.5. The molecule has 0 bridgehead atoms. The van der Waals surface area contributed by atoms with Gasteiger partial charge in [-0.2, -0.15) is 0 Å². The van der Waals surface area contributed by atoms with E-state index in [4.69, 9.17) is 0 Å². The number of carboxylic acid groups (broad SMARTS) is 1. The fraction of sp³-hybridized carbons (Fsp3) is 0.333. The molecule has 128 valence electrons. The van der Waals surface area contributed by atoms with Crippen LogP contribution in [0.15, 0.2) is 35.7 Å². The van der Waals surface area contributed by atoms with Gasteiger partial charge in [-0.1, -0.05) is 19.4 Å². The molecule has 0 aliphatic heterocycles. The molecule has 1 heterocycles. The molecule has 1 aromatic carbocycles. The summed E-state index contributed by atoms with van der Waals surface area (Å²) in [6.45, 7) is 2.97. The van der Waals surface area contributed by atoms with Crippen LogP contribution < -0.4 is 10.2 Å². The number of carboxylic acids is 1. The topological polar surface area (TPSA) is 69.6 Å². The largest absolute Gasteiger partial charge is 0.478 e. The Balaban J connectivity index is 2.14. The van der Waals surface area contributed by atoms with Crippen LogP contribution in [0.2, 0.25) is 0 Å². The molecule has 0 aliphatic rings. The smallest absolute Gasteiger partial charge is 0.337 e. The predicted molar refractivity (Wildman–Crippen MR) is 98.2 cm³/mol. The van der Waals surface area contributed by atoms with Gasteiger partial charge in [-0.15, -0.1) is 11.3 Å². The van der Waals surface area contributed by atoms with Crippen molar-refractivity contribution >= 4 is 34.6 Å². The number of anilines is 2. The van der Waals surface area contributed by atoms with E-state index >= 15 is 0 Å². The van der Waals surface area contributed by atoms with E-state index in [0.717, 1.165) is 30.0 Å². The maximum absolute atomic E-state index is 12.1. The molecule has 2 aromatic rings. The molecule has 6 heteroatoms. The summed E-state index contributed by atoms with van der Waals surface area (Å²) in [5.41, 5.74) is 1.27. The highest BCUT2D eigenvalue weighted by molar-refractivity contribution is 7.10. The summed E-state index contributed by atoms with van der Waals surface area (Å²) in [5.74, 6) is -1.26. The first-order chi connectivity index (χ1) is 11.5. The third-order valence-electron chi connectivity index (χ3n) is 3.71. The van der Waals surface area contributed by atoms with Crippen molar-refractivity contribution < 1.29 is 14.7 Å². The van der Waals surface area contributed by atoms with Gasteiger partial charge in [-0.25, -0.2) is 4.79 Å². The maximum atomic E-state index is 12.1. The Bertz CT molecular complexity index is 698. The average Bonchev–Trinajstić information content (AvgIpc) is 3.05. The van der Waals surface area contributed by atoms with E-state index in [9.17, 15) is 14.7 Å². The van der Waals surface area contributed by atoms with Crippen molar-refractivity contribution in [3.63, 3.8) is 0 Å². The number of benzene rings is 1. The summed E-state index contributed by atoms with van der Waals surface area (Å²) >= 11 is 1.50. The molecule has 0 saturated carbocycles. The molecule has 2 rings (SSSR count). The number of amides is 1. The van der Waals surface area contributed by atoms with Gasteiger partial charge in [0.25, 0.3) is 0 Å². The molecule has 0 spiro atoms. The molecule has 0 saturated heterocycles. The van der Waals surface area contributed by atoms with Crippen LogP contribution >= 0.6 is 11.3 Å². The number of unbranched alkanes of at least 4 members (excludes halogenated alkanes) is 1. The number of thiophene rings is 1. The Labute approximate surface area is 145 Å². The van der Waals surface area contributed by atoms with Crippen molar-refractivity contribution in [2.24, 2.45) is 0 Å². The van der Waals surface area contributed by atoms with Gasteiger partial charge < -0.3 is 15.3 Å². The van der Waals surface area contributed by atoms with Crippen molar-refractivity contribution in [2.45, 2.75) is 26.2 Å². The van der Waals surface area contributed by atoms with E-state index in [1.165, 1.54) is 11.3 Å². The average molecular weight is 346 g/mol. The quantitative estimate of drug-likeness (QED) is 0.761. The van der Waals surface area contributed by atoms with Gasteiger partial charge in [0, 0.05) is 24.2 Å². The van der Waals surface area contributed by atoms with Crippen molar-refractivity contribution in [3.05, 3.63) is 46.2 Å². The second-order valence-electron chi connectivity index (χ2n) is 5.61. The maximum Gasteiger partial charge on any atom is 0.337 e. The van der Waals surface area contributed by atoms with Crippen molar-refractivity contribution in [3.8, 4) is 0 Å². The van der Waals surface area contributed by atoms with Gasteiger partial charge in [0.1, 0.15) is 0 Å². The normalized spacial score (nSPS) is 10.4. The SMILES string of the molecule is CCCCN(C)c1ccc(NC(=O)Cc2cccs2)c(C(=O)O)c1. The van der Waals surface area contributed by atoms with Crippen LogP contribution in [-0.2, 0) is 11.2 Å². The monoisotopic (exact) mass is 346 g/mol. The van der Waals surface area contributed by atoms with Crippen LogP contribution in [0.1, 0.15) is 35.0 Å². The van der Waals surface area contributed by atoms with Crippen molar-refractivity contribution in [1.29, 1.82) is 0 Å². The molecule has 0 fully saturated rings. The molecule has 0 aliphatic carbocycles. The zero-order valence-corrected chi connectivity index (χ0v) is 14.7. The summed E-state index contributed by atoms with van der Waals surface area (Å²) in [6.07, 6.45) is 2.36. The minimum atomic E-state index is -1.05. The van der Waals surface area contributed by atoms with Gasteiger partial charge in [0.05, 0.1) is 17.7 Å². The van der Waals surface area contributed by atoms with Gasteiger partial charge >= 0.3 is 5.97 Å². The van der Waals surface area contributed by atoms with Crippen LogP contribution in [0.25, 0.3) is 0 Å². The number of carbonyl (C=O) groups excluding carboxylic acids is 1. The lowest BCUT2D eigenvalue weighted by molar-refractivity contribution is -0.115. The summed E-state index contributed by atoms with van der Waals surface area (Å²) in [7, 11) is 1.94. The first-order valence-corrected chi connectivity index (χ1v) is 8.80. The highest BCUT2D eigenvalue weighted by Gasteiger charge is 2.15. The number of hydrogen-bond donors (Lipinski definition) is 2. The van der Waals surface area contributed by atoms with E-state index in [0.29, 0.717) is 5.69 Å². The fourth-order valence-corrected chi connectivity index (χ4v) is 3.05. The van der Waals surface area contributed by atoms with E-state index in [-0.39, 0.29) is 17.9 Å².